The summed E-state index contributed by atoms with van der Waals surface area (Å²) in [4.78, 5) is 0. The molecule has 1 aromatic carbocycles. The van der Waals surface area contributed by atoms with Crippen LogP contribution in [-0.4, -0.2) is 21.6 Å². The maximum Gasteiger partial charge on any atom is 0.185 e. The fourth-order valence-corrected chi connectivity index (χ4v) is 1.84. The van der Waals surface area contributed by atoms with E-state index in [1.165, 1.54) is 0 Å². The fourth-order valence-electron chi connectivity index (χ4n) is 1.84. The number of nitrogens with zero attached hydrogens (tertiary/aromatic N) is 4. The van der Waals surface area contributed by atoms with E-state index < -0.39 is 0 Å². The Kier molecular flexibility index (Phi) is 4.51. The summed E-state index contributed by atoms with van der Waals surface area (Å²) < 4.78 is 7.42. The molecule has 0 spiro atoms. The van der Waals surface area contributed by atoms with Gasteiger partial charge in [0.2, 0.25) is 0 Å². The van der Waals surface area contributed by atoms with Gasteiger partial charge in [-0.05, 0) is 18.6 Å². The summed E-state index contributed by atoms with van der Waals surface area (Å²) >= 11 is 0. The third kappa shape index (κ3) is 3.32. The van der Waals surface area contributed by atoms with Crippen molar-refractivity contribution in [2.24, 2.45) is 0 Å². The molecule has 0 aliphatic rings. The molecule has 2 rings (SSSR count). The van der Waals surface area contributed by atoms with Gasteiger partial charge in [-0.25, -0.2) is 4.68 Å². The SMILES string of the molecule is CCCn1nnc(C#N)c1CCOc1ccccc1. The van der Waals surface area contributed by atoms with Gasteiger partial charge in [0.15, 0.2) is 5.69 Å². The van der Waals surface area contributed by atoms with E-state index in [0.717, 1.165) is 24.4 Å². The van der Waals surface area contributed by atoms with Crippen molar-refractivity contribution in [2.75, 3.05) is 6.61 Å². The molecule has 0 fully saturated rings. The quantitative estimate of drug-likeness (QED) is 0.794. The fraction of sp³-hybridized carbons (Fsp3) is 0.357. The first kappa shape index (κ1) is 13.1. The molecule has 0 amide bonds. The van der Waals surface area contributed by atoms with E-state index in [2.05, 4.69) is 23.3 Å². The molecule has 0 saturated carbocycles. The third-order valence-electron chi connectivity index (χ3n) is 2.73. The Morgan fingerprint density at radius 3 is 2.79 bits per heavy atom. The Morgan fingerprint density at radius 2 is 2.11 bits per heavy atom. The highest BCUT2D eigenvalue weighted by atomic mass is 16.5. The second-order valence-electron chi connectivity index (χ2n) is 4.13. The van der Waals surface area contributed by atoms with Gasteiger partial charge in [-0.1, -0.05) is 30.3 Å². The van der Waals surface area contributed by atoms with Crippen molar-refractivity contribution in [1.82, 2.24) is 15.0 Å². The molecule has 0 aliphatic carbocycles. The second kappa shape index (κ2) is 6.55. The molecule has 5 heteroatoms. The van der Waals surface area contributed by atoms with E-state index >= 15 is 0 Å². The van der Waals surface area contributed by atoms with Crippen molar-refractivity contribution in [3.8, 4) is 11.8 Å². The van der Waals surface area contributed by atoms with E-state index in [9.17, 15) is 0 Å². The number of benzene rings is 1. The van der Waals surface area contributed by atoms with E-state index in [0.29, 0.717) is 18.7 Å². The molecule has 0 N–H and O–H groups in total. The third-order valence-corrected chi connectivity index (χ3v) is 2.73. The molecule has 1 aromatic heterocycles. The van der Waals surface area contributed by atoms with Crippen molar-refractivity contribution in [3.63, 3.8) is 0 Å². The van der Waals surface area contributed by atoms with E-state index in [-0.39, 0.29) is 0 Å². The molecule has 0 aliphatic heterocycles. The molecule has 0 atom stereocenters. The van der Waals surface area contributed by atoms with Gasteiger partial charge in [0, 0.05) is 13.0 Å². The number of aryl methyl sites for hydroxylation is 1. The Balaban J connectivity index is 1.99. The summed E-state index contributed by atoms with van der Waals surface area (Å²) in [6, 6.07) is 11.7. The molecule has 0 unspecified atom stereocenters. The average molecular weight is 256 g/mol. The van der Waals surface area contributed by atoms with Gasteiger partial charge in [-0.15, -0.1) is 5.10 Å². The lowest BCUT2D eigenvalue weighted by molar-refractivity contribution is 0.317. The first-order chi connectivity index (χ1) is 9.35. The molecule has 0 radical (unpaired) electrons. The van der Waals surface area contributed by atoms with E-state index in [1.54, 1.807) is 4.68 Å². The maximum absolute atomic E-state index is 9.01. The highest BCUT2D eigenvalue weighted by Crippen LogP contribution is 2.11. The Labute approximate surface area is 112 Å². The lowest BCUT2D eigenvalue weighted by atomic mass is 10.2. The van der Waals surface area contributed by atoms with Crippen LogP contribution in [0, 0.1) is 11.3 Å². The van der Waals surface area contributed by atoms with Crippen LogP contribution >= 0.6 is 0 Å². The predicted octanol–water partition coefficient (Wildman–Crippen LogP) is 2.18. The monoisotopic (exact) mass is 256 g/mol. The predicted molar refractivity (Wildman–Crippen MR) is 70.7 cm³/mol. The van der Waals surface area contributed by atoms with Crippen LogP contribution in [0.5, 0.6) is 5.75 Å². The van der Waals surface area contributed by atoms with E-state index in [4.69, 9.17) is 10.00 Å². The molecule has 5 nitrogen and oxygen atoms in total. The van der Waals surface area contributed by atoms with Crippen LogP contribution in [0.4, 0.5) is 0 Å². The zero-order valence-electron chi connectivity index (χ0n) is 10.9. The van der Waals surface area contributed by atoms with Gasteiger partial charge < -0.3 is 4.74 Å². The van der Waals surface area contributed by atoms with Crippen molar-refractivity contribution < 1.29 is 4.74 Å². The minimum absolute atomic E-state index is 0.394. The molecule has 0 saturated heterocycles. The summed E-state index contributed by atoms with van der Waals surface area (Å²) in [5.74, 6) is 0.829. The molecular weight excluding hydrogens is 240 g/mol. The standard InChI is InChI=1S/C14H16N4O/c1-2-9-18-14(13(11-15)16-17-18)8-10-19-12-6-4-3-5-7-12/h3-7H,2,8-10H2,1H3. The van der Waals surface area contributed by atoms with Gasteiger partial charge in [0.1, 0.15) is 11.8 Å². The minimum atomic E-state index is 0.394. The highest BCUT2D eigenvalue weighted by Gasteiger charge is 2.11. The summed E-state index contributed by atoms with van der Waals surface area (Å²) in [5, 5.41) is 16.9. The van der Waals surface area contributed by atoms with Crippen molar-refractivity contribution >= 4 is 0 Å². The van der Waals surface area contributed by atoms with E-state index in [1.807, 2.05) is 30.3 Å². The lowest BCUT2D eigenvalue weighted by Crippen LogP contribution is -2.10. The number of hydrogen-bond acceptors (Lipinski definition) is 4. The molecule has 19 heavy (non-hydrogen) atoms. The van der Waals surface area contributed by atoms with Gasteiger partial charge in [0.05, 0.1) is 12.3 Å². The Hall–Kier alpha value is -2.35. The Bertz CT molecular complexity index is 557. The lowest BCUT2D eigenvalue weighted by Gasteiger charge is -2.07. The molecule has 1 heterocycles. The largest absolute Gasteiger partial charge is 0.493 e. The smallest absolute Gasteiger partial charge is 0.185 e. The summed E-state index contributed by atoms with van der Waals surface area (Å²) in [7, 11) is 0. The number of hydrogen-bond donors (Lipinski definition) is 0. The zero-order chi connectivity index (χ0) is 13.5. The van der Waals surface area contributed by atoms with Crippen LogP contribution in [0.1, 0.15) is 24.7 Å². The maximum atomic E-state index is 9.01. The molecule has 0 bridgehead atoms. The van der Waals surface area contributed by atoms with Crippen LogP contribution in [-0.2, 0) is 13.0 Å². The second-order valence-corrected chi connectivity index (χ2v) is 4.13. The number of para-hydroxylation sites is 1. The van der Waals surface area contributed by atoms with Crippen molar-refractivity contribution in [1.29, 1.82) is 5.26 Å². The topological polar surface area (TPSA) is 63.7 Å². The van der Waals surface area contributed by atoms with Gasteiger partial charge in [-0.2, -0.15) is 5.26 Å². The first-order valence-corrected chi connectivity index (χ1v) is 6.35. The molecule has 98 valence electrons. The normalized spacial score (nSPS) is 10.1. The number of nitriles is 1. The number of ether oxygens (including phenoxy) is 1. The highest BCUT2D eigenvalue weighted by molar-refractivity contribution is 5.25. The average Bonchev–Trinajstić information content (AvgIpc) is 2.83. The van der Waals surface area contributed by atoms with Gasteiger partial charge in [-0.3, -0.25) is 0 Å². The van der Waals surface area contributed by atoms with Crippen LogP contribution < -0.4 is 4.74 Å². The zero-order valence-corrected chi connectivity index (χ0v) is 10.9. The molecular formula is C14H16N4O. The Morgan fingerprint density at radius 1 is 1.32 bits per heavy atom. The summed E-state index contributed by atoms with van der Waals surface area (Å²) in [5.41, 5.74) is 1.24. The van der Waals surface area contributed by atoms with Crippen LogP contribution in [0.3, 0.4) is 0 Å². The van der Waals surface area contributed by atoms with Crippen LogP contribution in [0.25, 0.3) is 0 Å². The summed E-state index contributed by atoms with van der Waals surface area (Å²) in [6.45, 7) is 3.35. The minimum Gasteiger partial charge on any atom is -0.493 e. The van der Waals surface area contributed by atoms with Gasteiger partial charge >= 0.3 is 0 Å². The number of aromatic nitrogens is 3. The summed E-state index contributed by atoms with van der Waals surface area (Å²) in [6.07, 6.45) is 1.59. The van der Waals surface area contributed by atoms with Crippen molar-refractivity contribution in [2.45, 2.75) is 26.3 Å². The number of rotatable bonds is 6. The van der Waals surface area contributed by atoms with Crippen molar-refractivity contribution in [3.05, 3.63) is 41.7 Å². The van der Waals surface area contributed by atoms with Crippen LogP contribution in [0.2, 0.25) is 0 Å². The van der Waals surface area contributed by atoms with Gasteiger partial charge in [0.25, 0.3) is 0 Å². The first-order valence-electron chi connectivity index (χ1n) is 6.35. The van der Waals surface area contributed by atoms with Crippen LogP contribution in [0.15, 0.2) is 30.3 Å². The molecule has 2 aromatic rings.